The van der Waals surface area contributed by atoms with Crippen LogP contribution >= 0.6 is 11.6 Å². The monoisotopic (exact) mass is 300 g/mol. The van der Waals surface area contributed by atoms with Crippen LogP contribution in [-0.4, -0.2) is 49.8 Å². The van der Waals surface area contributed by atoms with E-state index < -0.39 is 10.0 Å². The molecule has 1 aliphatic heterocycles. The van der Waals surface area contributed by atoms with Gasteiger partial charge in [-0.15, -0.1) is 0 Å². The maximum absolute atomic E-state index is 12.5. The largest absolute Gasteiger partial charge is 0.298 e. The molecule has 0 radical (unpaired) electrons. The summed E-state index contributed by atoms with van der Waals surface area (Å²) >= 11 is 6.00. The van der Waals surface area contributed by atoms with Crippen molar-refractivity contribution in [3.05, 3.63) is 29.3 Å². The lowest BCUT2D eigenvalue weighted by Gasteiger charge is -2.34. The summed E-state index contributed by atoms with van der Waals surface area (Å²) in [4.78, 5) is 2.61. The standard InChI is InChI=1S/C13H17ClN2O2S/c14-12-3-1-2-4-13(12)19(17,18)16-9-7-15(8-10-16)11-5-6-11/h1-4,11H,5-10H2. The van der Waals surface area contributed by atoms with Crippen LogP contribution in [0.5, 0.6) is 0 Å². The molecule has 2 aliphatic rings. The fourth-order valence-corrected chi connectivity index (χ4v) is 4.46. The normalized spacial score (nSPS) is 22.6. The molecule has 1 heterocycles. The van der Waals surface area contributed by atoms with Crippen LogP contribution < -0.4 is 0 Å². The van der Waals surface area contributed by atoms with Crippen molar-refractivity contribution in [3.63, 3.8) is 0 Å². The topological polar surface area (TPSA) is 40.6 Å². The number of rotatable bonds is 3. The smallest absolute Gasteiger partial charge is 0.244 e. The summed E-state index contributed by atoms with van der Waals surface area (Å²) in [6.45, 7) is 2.77. The number of halogens is 1. The second-order valence-electron chi connectivity index (χ2n) is 5.10. The van der Waals surface area contributed by atoms with Gasteiger partial charge in [-0.2, -0.15) is 4.31 Å². The first-order valence-corrected chi connectivity index (χ1v) is 8.39. The van der Waals surface area contributed by atoms with Gasteiger partial charge < -0.3 is 0 Å². The zero-order valence-corrected chi connectivity index (χ0v) is 12.2. The van der Waals surface area contributed by atoms with E-state index in [1.54, 1.807) is 28.6 Å². The molecule has 1 aliphatic carbocycles. The van der Waals surface area contributed by atoms with Gasteiger partial charge in [-0.25, -0.2) is 8.42 Å². The van der Waals surface area contributed by atoms with Gasteiger partial charge in [-0.1, -0.05) is 23.7 Å². The van der Waals surface area contributed by atoms with Crippen molar-refractivity contribution in [2.24, 2.45) is 0 Å². The van der Waals surface area contributed by atoms with Gasteiger partial charge in [0.2, 0.25) is 10.0 Å². The number of nitrogens with zero attached hydrogens (tertiary/aromatic N) is 2. The van der Waals surface area contributed by atoms with Crippen LogP contribution in [0.15, 0.2) is 29.2 Å². The Labute approximate surface area is 119 Å². The predicted molar refractivity (Wildman–Crippen MR) is 74.8 cm³/mol. The van der Waals surface area contributed by atoms with Crippen molar-refractivity contribution < 1.29 is 8.42 Å². The maximum atomic E-state index is 12.5. The van der Waals surface area contributed by atoms with E-state index >= 15 is 0 Å². The molecule has 0 N–H and O–H groups in total. The van der Waals surface area contributed by atoms with E-state index in [1.165, 1.54) is 12.8 Å². The minimum Gasteiger partial charge on any atom is -0.298 e. The maximum Gasteiger partial charge on any atom is 0.244 e. The van der Waals surface area contributed by atoms with Crippen LogP contribution in [0, 0.1) is 0 Å². The fourth-order valence-electron chi connectivity index (χ4n) is 2.54. The van der Waals surface area contributed by atoms with E-state index in [0.29, 0.717) is 24.2 Å². The summed E-state index contributed by atoms with van der Waals surface area (Å²) in [5.74, 6) is 0. The highest BCUT2D eigenvalue weighted by molar-refractivity contribution is 7.89. The van der Waals surface area contributed by atoms with E-state index in [9.17, 15) is 8.42 Å². The first-order chi connectivity index (χ1) is 9.09. The van der Waals surface area contributed by atoms with Crippen molar-refractivity contribution in [2.75, 3.05) is 26.2 Å². The molecular weight excluding hydrogens is 284 g/mol. The Hall–Kier alpha value is -0.620. The average Bonchev–Trinajstić information content (AvgIpc) is 3.23. The number of hydrogen-bond acceptors (Lipinski definition) is 3. The molecule has 1 saturated heterocycles. The lowest BCUT2D eigenvalue weighted by atomic mass is 10.3. The minimum absolute atomic E-state index is 0.219. The Kier molecular flexibility index (Phi) is 3.55. The molecular formula is C13H17ClN2O2S. The Morgan fingerprint density at radius 3 is 2.26 bits per heavy atom. The highest BCUT2D eigenvalue weighted by atomic mass is 35.5. The molecule has 0 atom stereocenters. The molecule has 3 rings (SSSR count). The highest BCUT2D eigenvalue weighted by Gasteiger charge is 2.35. The van der Waals surface area contributed by atoms with Crippen molar-refractivity contribution in [2.45, 2.75) is 23.8 Å². The number of benzene rings is 1. The molecule has 1 saturated carbocycles. The van der Waals surface area contributed by atoms with Gasteiger partial charge in [0, 0.05) is 32.2 Å². The molecule has 0 amide bonds. The Morgan fingerprint density at radius 1 is 1.05 bits per heavy atom. The molecule has 1 aromatic carbocycles. The molecule has 19 heavy (non-hydrogen) atoms. The molecule has 0 aromatic heterocycles. The molecule has 1 aromatic rings. The van der Waals surface area contributed by atoms with Crippen LogP contribution in [0.4, 0.5) is 0 Å². The number of sulfonamides is 1. The lowest BCUT2D eigenvalue weighted by Crippen LogP contribution is -2.49. The zero-order valence-electron chi connectivity index (χ0n) is 10.6. The average molecular weight is 301 g/mol. The van der Waals surface area contributed by atoms with Crippen LogP contribution in [0.1, 0.15) is 12.8 Å². The second kappa shape index (κ2) is 5.05. The Balaban J connectivity index is 1.76. The fraction of sp³-hybridized carbons (Fsp3) is 0.538. The van der Waals surface area contributed by atoms with E-state index in [-0.39, 0.29) is 4.90 Å². The summed E-state index contributed by atoms with van der Waals surface area (Å²) in [6.07, 6.45) is 2.52. The molecule has 4 nitrogen and oxygen atoms in total. The summed E-state index contributed by atoms with van der Waals surface area (Å²) in [6, 6.07) is 7.34. The SMILES string of the molecule is O=S(=O)(c1ccccc1Cl)N1CCN(C2CC2)CC1. The van der Waals surface area contributed by atoms with Gasteiger partial charge >= 0.3 is 0 Å². The Bertz CT molecular complexity index is 564. The highest BCUT2D eigenvalue weighted by Crippen LogP contribution is 2.29. The molecule has 104 valence electrons. The number of piperazine rings is 1. The van der Waals surface area contributed by atoms with Crippen LogP contribution in [-0.2, 0) is 10.0 Å². The summed E-state index contributed by atoms with van der Waals surface area (Å²) in [5.41, 5.74) is 0. The zero-order chi connectivity index (χ0) is 13.5. The molecule has 6 heteroatoms. The second-order valence-corrected chi connectivity index (χ2v) is 7.42. The molecule has 0 spiro atoms. The first kappa shape index (κ1) is 13.4. The van der Waals surface area contributed by atoms with Crippen molar-refractivity contribution >= 4 is 21.6 Å². The molecule has 2 fully saturated rings. The van der Waals surface area contributed by atoms with Gasteiger partial charge in [0.1, 0.15) is 4.90 Å². The van der Waals surface area contributed by atoms with Gasteiger partial charge in [-0.3, -0.25) is 4.90 Å². The molecule has 0 bridgehead atoms. The third kappa shape index (κ3) is 2.65. The quantitative estimate of drug-likeness (QED) is 0.855. The third-order valence-electron chi connectivity index (χ3n) is 3.79. The van der Waals surface area contributed by atoms with Crippen molar-refractivity contribution in [3.8, 4) is 0 Å². The van der Waals surface area contributed by atoms with Crippen LogP contribution in [0.2, 0.25) is 5.02 Å². The summed E-state index contributed by atoms with van der Waals surface area (Å²) < 4.78 is 26.6. The van der Waals surface area contributed by atoms with E-state index in [0.717, 1.165) is 13.1 Å². The van der Waals surface area contributed by atoms with Gasteiger partial charge in [-0.05, 0) is 25.0 Å². The van der Waals surface area contributed by atoms with Gasteiger partial charge in [0.15, 0.2) is 0 Å². The third-order valence-corrected chi connectivity index (χ3v) is 6.19. The van der Waals surface area contributed by atoms with Crippen molar-refractivity contribution in [1.29, 1.82) is 0 Å². The summed E-state index contributed by atoms with van der Waals surface area (Å²) in [7, 11) is -3.45. The first-order valence-electron chi connectivity index (χ1n) is 6.58. The lowest BCUT2D eigenvalue weighted by molar-refractivity contribution is 0.180. The summed E-state index contributed by atoms with van der Waals surface area (Å²) in [5, 5.41) is 0.298. The van der Waals surface area contributed by atoms with E-state index in [4.69, 9.17) is 11.6 Å². The van der Waals surface area contributed by atoms with Gasteiger partial charge in [0.25, 0.3) is 0 Å². The van der Waals surface area contributed by atoms with E-state index in [1.807, 2.05) is 0 Å². The number of hydrogen-bond donors (Lipinski definition) is 0. The minimum atomic E-state index is -3.45. The van der Waals surface area contributed by atoms with Crippen LogP contribution in [0.3, 0.4) is 0 Å². The molecule has 0 unspecified atom stereocenters. The van der Waals surface area contributed by atoms with E-state index in [2.05, 4.69) is 4.90 Å². The Morgan fingerprint density at radius 2 is 1.68 bits per heavy atom. The van der Waals surface area contributed by atoms with Gasteiger partial charge in [0.05, 0.1) is 5.02 Å². The van der Waals surface area contributed by atoms with Crippen molar-refractivity contribution in [1.82, 2.24) is 9.21 Å². The predicted octanol–water partition coefficient (Wildman–Crippen LogP) is 1.81. The van der Waals surface area contributed by atoms with Crippen LogP contribution in [0.25, 0.3) is 0 Å².